The minimum Gasteiger partial charge on any atom is -0.382 e. The lowest BCUT2D eigenvalue weighted by molar-refractivity contribution is -0.172. The van der Waals surface area contributed by atoms with Gasteiger partial charge < -0.3 is 5.11 Å². The summed E-state index contributed by atoms with van der Waals surface area (Å²) >= 11 is 0. The summed E-state index contributed by atoms with van der Waals surface area (Å²) in [5.74, 6) is 1.08. The molecule has 0 amide bonds. The van der Waals surface area contributed by atoms with Crippen molar-refractivity contribution >= 4 is 17.3 Å². The van der Waals surface area contributed by atoms with Gasteiger partial charge in [-0.1, -0.05) is 13.8 Å². The lowest BCUT2D eigenvalue weighted by Crippen LogP contribution is -2.59. The van der Waals surface area contributed by atoms with Gasteiger partial charge in [-0.15, -0.1) is 0 Å². The van der Waals surface area contributed by atoms with Crippen molar-refractivity contribution in [2.45, 2.75) is 77.7 Å². The van der Waals surface area contributed by atoms with Gasteiger partial charge in [0.05, 0.1) is 0 Å². The Morgan fingerprint density at radius 2 is 1.80 bits per heavy atom. The second-order valence-corrected chi connectivity index (χ2v) is 9.82. The van der Waals surface area contributed by atoms with E-state index in [0.29, 0.717) is 37.4 Å². The van der Waals surface area contributed by atoms with Crippen LogP contribution in [0.15, 0.2) is 0 Å². The van der Waals surface area contributed by atoms with E-state index in [0.717, 1.165) is 25.7 Å². The molecule has 0 unspecified atom stereocenters. The van der Waals surface area contributed by atoms with E-state index in [2.05, 4.69) is 13.8 Å². The predicted octanol–water partition coefficient (Wildman–Crippen LogP) is 3.10. The number of ketones is 3. The number of Topliss-reactive ketones (excluding diaryl/α,β-unsaturated/α-hetero) is 3. The van der Waals surface area contributed by atoms with Crippen molar-refractivity contribution in [3.63, 3.8) is 0 Å². The Bertz CT molecular complexity index is 654. The van der Waals surface area contributed by atoms with Gasteiger partial charge in [-0.05, 0) is 68.6 Å². The third-order valence-corrected chi connectivity index (χ3v) is 8.90. The van der Waals surface area contributed by atoms with Crippen LogP contribution in [0.4, 0.5) is 0 Å². The van der Waals surface area contributed by atoms with Gasteiger partial charge >= 0.3 is 0 Å². The predicted molar refractivity (Wildman–Crippen MR) is 92.8 cm³/mol. The first-order valence-corrected chi connectivity index (χ1v) is 9.91. The monoisotopic (exact) mass is 346 g/mol. The lowest BCUT2D eigenvalue weighted by Gasteiger charge is -2.60. The number of rotatable bonds is 1. The molecule has 0 bridgehead atoms. The molecule has 0 aromatic rings. The van der Waals surface area contributed by atoms with E-state index in [1.165, 1.54) is 6.92 Å². The van der Waals surface area contributed by atoms with Crippen LogP contribution in [0.3, 0.4) is 0 Å². The SMILES string of the molecule is CC(=O)[C@]1(O)CC[C@@]2(C)[C@@H](CC(=O)[C@H]3[C@H]4CCC(=O)[C@@]4(C)CC[C@@H]32)C1. The van der Waals surface area contributed by atoms with E-state index in [4.69, 9.17) is 0 Å². The zero-order valence-electron chi connectivity index (χ0n) is 15.6. The molecular weight excluding hydrogens is 316 g/mol. The van der Waals surface area contributed by atoms with E-state index in [1.807, 2.05) is 0 Å². The summed E-state index contributed by atoms with van der Waals surface area (Å²) in [6, 6.07) is 0. The summed E-state index contributed by atoms with van der Waals surface area (Å²) in [6.45, 7) is 5.83. The van der Waals surface area contributed by atoms with Gasteiger partial charge in [-0.3, -0.25) is 14.4 Å². The number of hydrogen-bond acceptors (Lipinski definition) is 4. The maximum absolute atomic E-state index is 13.1. The lowest BCUT2D eigenvalue weighted by atomic mass is 9.44. The highest BCUT2D eigenvalue weighted by molar-refractivity contribution is 5.91. The summed E-state index contributed by atoms with van der Waals surface area (Å²) < 4.78 is 0. The van der Waals surface area contributed by atoms with E-state index in [-0.39, 0.29) is 40.2 Å². The Kier molecular flexibility index (Phi) is 3.65. The van der Waals surface area contributed by atoms with E-state index in [1.54, 1.807) is 0 Å². The minimum absolute atomic E-state index is 0.00717. The Morgan fingerprint density at radius 1 is 1.08 bits per heavy atom. The van der Waals surface area contributed by atoms with Gasteiger partial charge in [-0.25, -0.2) is 0 Å². The van der Waals surface area contributed by atoms with Crippen molar-refractivity contribution in [3.8, 4) is 0 Å². The van der Waals surface area contributed by atoms with Gasteiger partial charge in [0.25, 0.3) is 0 Å². The average Bonchev–Trinajstić information content (AvgIpc) is 2.85. The smallest absolute Gasteiger partial charge is 0.161 e. The van der Waals surface area contributed by atoms with Crippen LogP contribution in [-0.2, 0) is 14.4 Å². The minimum atomic E-state index is -1.25. The van der Waals surface area contributed by atoms with Crippen LogP contribution in [0.1, 0.15) is 72.1 Å². The molecule has 0 aromatic heterocycles. The zero-order valence-corrected chi connectivity index (χ0v) is 15.6. The fourth-order valence-corrected chi connectivity index (χ4v) is 7.02. The number of hydrogen-bond donors (Lipinski definition) is 1. The third kappa shape index (κ3) is 2.19. The topological polar surface area (TPSA) is 71.4 Å². The highest BCUT2D eigenvalue weighted by Gasteiger charge is 2.64. The van der Waals surface area contributed by atoms with Crippen molar-refractivity contribution in [2.24, 2.45) is 34.5 Å². The fourth-order valence-electron chi connectivity index (χ4n) is 7.02. The van der Waals surface area contributed by atoms with Crippen LogP contribution < -0.4 is 0 Å². The molecule has 1 N–H and O–H groups in total. The Labute approximate surface area is 149 Å². The van der Waals surface area contributed by atoms with Crippen LogP contribution in [0.25, 0.3) is 0 Å². The van der Waals surface area contributed by atoms with E-state index < -0.39 is 5.60 Å². The maximum atomic E-state index is 13.1. The van der Waals surface area contributed by atoms with Gasteiger partial charge in [0, 0.05) is 24.2 Å². The highest BCUT2D eigenvalue weighted by Crippen LogP contribution is 2.65. The molecule has 0 spiro atoms. The fraction of sp³-hybridized carbons (Fsp3) is 0.857. The molecule has 4 heteroatoms. The first-order valence-electron chi connectivity index (χ1n) is 9.91. The van der Waals surface area contributed by atoms with Gasteiger partial charge in [0.1, 0.15) is 17.2 Å². The van der Waals surface area contributed by atoms with Crippen LogP contribution in [0.5, 0.6) is 0 Å². The molecular formula is C21H30O4. The molecule has 4 aliphatic carbocycles. The Hall–Kier alpha value is -1.03. The first-order chi connectivity index (χ1) is 11.6. The van der Waals surface area contributed by atoms with Gasteiger partial charge in [0.2, 0.25) is 0 Å². The molecule has 0 heterocycles. The first kappa shape index (κ1) is 17.4. The van der Waals surface area contributed by atoms with E-state index >= 15 is 0 Å². The average molecular weight is 346 g/mol. The summed E-state index contributed by atoms with van der Waals surface area (Å²) in [7, 11) is 0. The molecule has 0 aromatic carbocycles. The Morgan fingerprint density at radius 3 is 2.48 bits per heavy atom. The number of aliphatic hydroxyl groups is 1. The zero-order chi connectivity index (χ0) is 18.2. The number of carbonyl (C=O) groups excluding carboxylic acids is 3. The quantitative estimate of drug-likeness (QED) is 0.792. The number of carbonyl (C=O) groups is 3. The van der Waals surface area contributed by atoms with Crippen LogP contribution in [0, 0.1) is 34.5 Å². The Balaban J connectivity index is 1.67. The van der Waals surface area contributed by atoms with E-state index in [9.17, 15) is 19.5 Å². The molecule has 4 fully saturated rings. The maximum Gasteiger partial charge on any atom is 0.161 e. The molecule has 4 nitrogen and oxygen atoms in total. The molecule has 25 heavy (non-hydrogen) atoms. The molecule has 0 aliphatic heterocycles. The summed E-state index contributed by atoms with van der Waals surface area (Å²) in [5.41, 5.74) is -1.54. The second-order valence-electron chi connectivity index (χ2n) is 9.82. The van der Waals surface area contributed by atoms with Gasteiger partial charge in [-0.2, -0.15) is 0 Å². The molecule has 4 aliphatic rings. The third-order valence-electron chi connectivity index (χ3n) is 8.90. The molecule has 138 valence electrons. The number of fused-ring (bicyclic) bond motifs is 5. The molecule has 4 saturated carbocycles. The molecule has 0 radical (unpaired) electrons. The van der Waals surface area contributed by atoms with Crippen LogP contribution in [-0.4, -0.2) is 28.1 Å². The summed E-state index contributed by atoms with van der Waals surface area (Å²) in [5, 5.41) is 10.7. The largest absolute Gasteiger partial charge is 0.382 e. The second kappa shape index (κ2) is 5.25. The molecule has 4 rings (SSSR count). The van der Waals surface area contributed by atoms with Crippen molar-refractivity contribution in [2.75, 3.05) is 0 Å². The van der Waals surface area contributed by atoms with Gasteiger partial charge in [0.15, 0.2) is 5.78 Å². The molecule has 7 atom stereocenters. The van der Waals surface area contributed by atoms with Crippen molar-refractivity contribution in [1.82, 2.24) is 0 Å². The highest BCUT2D eigenvalue weighted by atomic mass is 16.3. The normalized spacial score (nSPS) is 52.3. The summed E-state index contributed by atoms with van der Waals surface area (Å²) in [4.78, 5) is 37.5. The molecule has 0 saturated heterocycles. The van der Waals surface area contributed by atoms with Crippen molar-refractivity contribution in [1.29, 1.82) is 0 Å². The van der Waals surface area contributed by atoms with Crippen molar-refractivity contribution in [3.05, 3.63) is 0 Å². The van der Waals surface area contributed by atoms with Crippen LogP contribution >= 0.6 is 0 Å². The van der Waals surface area contributed by atoms with Crippen LogP contribution in [0.2, 0.25) is 0 Å². The van der Waals surface area contributed by atoms with Crippen molar-refractivity contribution < 1.29 is 19.5 Å². The summed E-state index contributed by atoms with van der Waals surface area (Å²) in [6.07, 6.45) is 5.52. The standard InChI is InChI=1S/C21H30O4/c1-12(22)21(25)9-8-19(2)13(11-21)10-16(23)18-14-4-5-17(24)20(14,3)7-6-15(18)19/h13-15,18,25H,4-11H2,1-3H3/t13-,14+,15-,18-,19-,20-,21-/m0/s1.